The van der Waals surface area contributed by atoms with Gasteiger partial charge in [0.2, 0.25) is 0 Å². The van der Waals surface area contributed by atoms with Gasteiger partial charge in [-0.25, -0.2) is 0 Å². The standard InChI is InChI=1S/C6H3ClN3O2/c7-5-3-4(10(11)12)1-2-6(5)9-8/h1-3H/q-1. The first-order valence-corrected chi connectivity index (χ1v) is 3.32. The summed E-state index contributed by atoms with van der Waals surface area (Å²) in [5, 5.41) is 13.1. The lowest BCUT2D eigenvalue weighted by Crippen LogP contribution is -1.86. The van der Waals surface area contributed by atoms with Crippen LogP contribution in [-0.2, 0) is 0 Å². The Morgan fingerprint density at radius 3 is 2.67 bits per heavy atom. The smallest absolute Gasteiger partial charge is 0.271 e. The lowest BCUT2D eigenvalue weighted by Gasteiger charge is -1.99. The molecule has 12 heavy (non-hydrogen) atoms. The molecular formula is C6H3ClN3O2-. The minimum absolute atomic E-state index is 0.0479. The first-order chi connectivity index (χ1) is 5.65. The van der Waals surface area contributed by atoms with Crippen molar-refractivity contribution < 1.29 is 4.92 Å². The molecule has 1 rings (SSSR count). The summed E-state index contributed by atoms with van der Waals surface area (Å²) < 4.78 is 0. The van der Waals surface area contributed by atoms with E-state index in [0.29, 0.717) is 0 Å². The second-order valence-corrected chi connectivity index (χ2v) is 2.40. The molecule has 0 aromatic heterocycles. The largest absolute Gasteiger partial charge is 0.706 e. The Kier molecular flexibility index (Phi) is 2.35. The normalized spacial score (nSPS) is 9.42. The van der Waals surface area contributed by atoms with E-state index >= 15 is 0 Å². The maximum absolute atomic E-state index is 10.2. The van der Waals surface area contributed by atoms with Crippen molar-refractivity contribution in [1.82, 2.24) is 0 Å². The van der Waals surface area contributed by atoms with Gasteiger partial charge in [0.15, 0.2) is 0 Å². The van der Waals surface area contributed by atoms with Gasteiger partial charge >= 0.3 is 0 Å². The van der Waals surface area contributed by atoms with Crippen molar-refractivity contribution in [2.75, 3.05) is 0 Å². The van der Waals surface area contributed by atoms with Gasteiger partial charge in [0.25, 0.3) is 5.69 Å². The minimum atomic E-state index is -0.576. The molecule has 0 saturated heterocycles. The van der Waals surface area contributed by atoms with Crippen LogP contribution in [0.4, 0.5) is 11.4 Å². The second kappa shape index (κ2) is 3.27. The molecule has 62 valence electrons. The monoisotopic (exact) mass is 184 g/mol. The highest BCUT2D eigenvalue weighted by Gasteiger charge is 2.06. The molecule has 0 spiro atoms. The first kappa shape index (κ1) is 8.61. The molecule has 0 aliphatic rings. The molecule has 0 atom stereocenters. The summed E-state index contributed by atoms with van der Waals surface area (Å²) in [6.45, 7) is 0. The second-order valence-electron chi connectivity index (χ2n) is 1.99. The molecule has 1 aromatic carbocycles. The molecule has 0 fully saturated rings. The average Bonchev–Trinajstić information content (AvgIpc) is 2.04. The van der Waals surface area contributed by atoms with E-state index in [2.05, 4.69) is 5.11 Å². The fourth-order valence-corrected chi connectivity index (χ4v) is 0.903. The van der Waals surface area contributed by atoms with Crippen LogP contribution in [0.25, 0.3) is 5.53 Å². The summed E-state index contributed by atoms with van der Waals surface area (Å²) in [6.07, 6.45) is 0. The summed E-state index contributed by atoms with van der Waals surface area (Å²) >= 11 is 5.52. The molecule has 0 bridgehead atoms. The predicted molar refractivity (Wildman–Crippen MR) is 43.6 cm³/mol. The van der Waals surface area contributed by atoms with Crippen molar-refractivity contribution in [3.05, 3.63) is 38.9 Å². The number of non-ortho nitro benzene ring substituents is 1. The van der Waals surface area contributed by atoms with E-state index in [1.165, 1.54) is 12.1 Å². The van der Waals surface area contributed by atoms with Crippen LogP contribution in [0.5, 0.6) is 0 Å². The fraction of sp³-hybridized carbons (Fsp3) is 0. The Labute approximate surface area is 72.6 Å². The van der Waals surface area contributed by atoms with Gasteiger partial charge in [-0.2, -0.15) is 0 Å². The molecule has 0 aliphatic carbocycles. The van der Waals surface area contributed by atoms with E-state index in [4.69, 9.17) is 17.1 Å². The van der Waals surface area contributed by atoms with Crippen LogP contribution in [0.3, 0.4) is 0 Å². The number of nitro groups is 1. The number of hydrogen-bond donors (Lipinski definition) is 0. The number of halogens is 1. The van der Waals surface area contributed by atoms with Crippen molar-refractivity contribution in [2.45, 2.75) is 0 Å². The topological polar surface area (TPSA) is 77.8 Å². The number of nitro benzene ring substituents is 1. The third kappa shape index (κ3) is 1.57. The Bertz CT molecular complexity index is 340. The van der Waals surface area contributed by atoms with Crippen LogP contribution >= 0.6 is 11.6 Å². The molecule has 0 aliphatic heterocycles. The Morgan fingerprint density at radius 2 is 2.25 bits per heavy atom. The molecule has 0 heterocycles. The average molecular weight is 185 g/mol. The summed E-state index contributed by atoms with van der Waals surface area (Å²) in [5.41, 5.74) is 8.30. The third-order valence-corrected chi connectivity index (χ3v) is 1.55. The molecule has 0 amide bonds. The molecule has 0 N–H and O–H groups in total. The molecule has 5 nitrogen and oxygen atoms in total. The predicted octanol–water partition coefficient (Wildman–Crippen LogP) is 2.90. The van der Waals surface area contributed by atoms with E-state index in [9.17, 15) is 10.1 Å². The highest BCUT2D eigenvalue weighted by atomic mass is 35.5. The summed E-state index contributed by atoms with van der Waals surface area (Å²) in [4.78, 5) is 9.63. The van der Waals surface area contributed by atoms with Gasteiger partial charge in [0.05, 0.1) is 15.6 Å². The van der Waals surface area contributed by atoms with Crippen LogP contribution in [-0.4, -0.2) is 4.92 Å². The Morgan fingerprint density at radius 1 is 1.58 bits per heavy atom. The van der Waals surface area contributed by atoms with E-state index in [0.717, 1.165) is 6.07 Å². The zero-order valence-corrected chi connectivity index (χ0v) is 6.52. The summed E-state index contributed by atoms with van der Waals surface area (Å²) in [6, 6.07) is 3.60. The van der Waals surface area contributed by atoms with Gasteiger partial charge in [-0.1, -0.05) is 11.6 Å². The fourth-order valence-electron chi connectivity index (χ4n) is 0.690. The number of benzene rings is 1. The van der Waals surface area contributed by atoms with Gasteiger partial charge in [-0.3, -0.25) is 10.1 Å². The van der Waals surface area contributed by atoms with Crippen LogP contribution in [0.2, 0.25) is 5.02 Å². The maximum Gasteiger partial charge on any atom is 0.271 e. The highest BCUT2D eigenvalue weighted by molar-refractivity contribution is 6.33. The van der Waals surface area contributed by atoms with Gasteiger partial charge in [-0.15, -0.1) is 0 Å². The molecule has 0 radical (unpaired) electrons. The zero-order valence-electron chi connectivity index (χ0n) is 5.77. The van der Waals surface area contributed by atoms with E-state index in [1.54, 1.807) is 0 Å². The number of rotatable bonds is 2. The van der Waals surface area contributed by atoms with E-state index in [-0.39, 0.29) is 16.4 Å². The Balaban J connectivity index is 3.18. The maximum atomic E-state index is 10.2. The summed E-state index contributed by atoms with van der Waals surface area (Å²) in [5.74, 6) is 0. The van der Waals surface area contributed by atoms with Gasteiger partial charge in [0, 0.05) is 12.1 Å². The van der Waals surface area contributed by atoms with Crippen molar-refractivity contribution in [3.63, 3.8) is 0 Å². The lowest BCUT2D eigenvalue weighted by molar-refractivity contribution is -0.384. The number of nitrogens with zero attached hydrogens (tertiary/aromatic N) is 3. The van der Waals surface area contributed by atoms with Gasteiger partial charge < -0.3 is 10.6 Å². The third-order valence-electron chi connectivity index (χ3n) is 1.25. The van der Waals surface area contributed by atoms with Crippen molar-refractivity contribution in [1.29, 1.82) is 0 Å². The molecule has 6 heteroatoms. The molecular weight excluding hydrogens is 182 g/mol. The minimum Gasteiger partial charge on any atom is -0.706 e. The molecule has 1 aromatic rings. The quantitative estimate of drug-likeness (QED) is 0.402. The van der Waals surface area contributed by atoms with Crippen molar-refractivity contribution >= 4 is 23.0 Å². The number of hydrogen-bond acceptors (Lipinski definition) is 3. The van der Waals surface area contributed by atoms with Crippen molar-refractivity contribution in [3.8, 4) is 0 Å². The molecule has 0 unspecified atom stereocenters. The van der Waals surface area contributed by atoms with E-state index < -0.39 is 4.92 Å². The summed E-state index contributed by atoms with van der Waals surface area (Å²) in [7, 11) is 0. The van der Waals surface area contributed by atoms with Crippen LogP contribution in [0, 0.1) is 10.1 Å². The van der Waals surface area contributed by atoms with Crippen LogP contribution in [0.15, 0.2) is 23.3 Å². The van der Waals surface area contributed by atoms with Gasteiger partial charge in [-0.05, 0) is 6.07 Å². The van der Waals surface area contributed by atoms with Crippen molar-refractivity contribution in [2.24, 2.45) is 5.11 Å². The Hall–Kier alpha value is -1.49. The van der Waals surface area contributed by atoms with Gasteiger partial charge in [0.1, 0.15) is 0 Å². The van der Waals surface area contributed by atoms with E-state index in [1.807, 2.05) is 0 Å². The molecule has 0 saturated carbocycles. The first-order valence-electron chi connectivity index (χ1n) is 2.94. The SMILES string of the molecule is [N-]=Nc1ccc([N+](=O)[O-])cc1Cl. The van der Waals surface area contributed by atoms with Crippen LogP contribution in [0.1, 0.15) is 0 Å². The lowest BCUT2D eigenvalue weighted by atomic mass is 10.3. The van der Waals surface area contributed by atoms with Crippen LogP contribution < -0.4 is 0 Å². The highest BCUT2D eigenvalue weighted by Crippen LogP contribution is 2.28. The zero-order chi connectivity index (χ0) is 9.14.